The summed E-state index contributed by atoms with van der Waals surface area (Å²) in [5.74, 6) is 1.88. The first-order chi connectivity index (χ1) is 14.5. The molecule has 0 aromatic rings. The van der Waals surface area contributed by atoms with Crippen LogP contribution in [0.25, 0.3) is 0 Å². The Morgan fingerprint density at radius 3 is 2.68 bits per heavy atom. The SMILES string of the molecule is C=C1/C(=C\C=C2/CCCC3(C)C2CCC3[C@H](C)/C=C/CCC(C)(C)O)C[C@@H](O)C[C@@H]1O. The van der Waals surface area contributed by atoms with Crippen LogP contribution in [0.15, 0.2) is 47.6 Å². The molecule has 0 spiro atoms. The Balaban J connectivity index is 1.70. The molecule has 0 aromatic carbocycles. The molecule has 3 saturated carbocycles. The molecule has 174 valence electrons. The molecule has 3 N–H and O–H groups in total. The van der Waals surface area contributed by atoms with E-state index < -0.39 is 17.8 Å². The summed E-state index contributed by atoms with van der Waals surface area (Å²) in [7, 11) is 0. The standard InChI is InChI=1S/C28H44O3/c1-19(9-6-7-15-27(3,4)31)24-13-14-25-21(10-8-16-28(24,25)5)11-12-22-17-23(29)18-26(30)20(22)2/h6,9,11-12,19,23-26,29-31H,2,7-8,10,13-18H2,1,3-5H3/b9-6+,21-11+,22-12-/t19-,23-,24?,25?,26+,28?/m1/s1. The van der Waals surface area contributed by atoms with Crippen molar-refractivity contribution in [1.82, 2.24) is 0 Å². The molecule has 3 heteroatoms. The zero-order valence-electron chi connectivity index (χ0n) is 20.1. The largest absolute Gasteiger partial charge is 0.393 e. The number of hydrogen-bond donors (Lipinski definition) is 3. The van der Waals surface area contributed by atoms with Gasteiger partial charge in [0, 0.05) is 6.42 Å². The minimum atomic E-state index is -0.620. The van der Waals surface area contributed by atoms with Crippen molar-refractivity contribution in [2.24, 2.45) is 23.2 Å². The second-order valence-electron chi connectivity index (χ2n) is 11.3. The Morgan fingerprint density at radius 1 is 1.23 bits per heavy atom. The van der Waals surface area contributed by atoms with E-state index >= 15 is 0 Å². The third-order valence-electron chi connectivity index (χ3n) is 8.30. The minimum Gasteiger partial charge on any atom is -0.393 e. The van der Waals surface area contributed by atoms with E-state index in [4.69, 9.17) is 0 Å². The van der Waals surface area contributed by atoms with Crippen LogP contribution < -0.4 is 0 Å². The summed E-state index contributed by atoms with van der Waals surface area (Å²) in [5, 5.41) is 30.1. The van der Waals surface area contributed by atoms with E-state index in [0.717, 1.165) is 30.4 Å². The molecule has 0 radical (unpaired) electrons. The fourth-order valence-electron chi connectivity index (χ4n) is 6.49. The fraction of sp³-hybridized carbons (Fsp3) is 0.714. The molecular formula is C28H44O3. The van der Waals surface area contributed by atoms with E-state index in [-0.39, 0.29) is 0 Å². The summed E-state index contributed by atoms with van der Waals surface area (Å²) >= 11 is 0. The third kappa shape index (κ3) is 5.80. The number of rotatable bonds is 6. The van der Waals surface area contributed by atoms with Gasteiger partial charge in [0.2, 0.25) is 0 Å². The molecule has 0 saturated heterocycles. The lowest BCUT2D eigenvalue weighted by Gasteiger charge is -2.44. The van der Waals surface area contributed by atoms with Gasteiger partial charge >= 0.3 is 0 Å². The zero-order chi connectivity index (χ0) is 22.8. The lowest BCUT2D eigenvalue weighted by Crippen LogP contribution is -2.35. The van der Waals surface area contributed by atoms with Crippen LogP contribution in [0.4, 0.5) is 0 Å². The highest BCUT2D eigenvalue weighted by atomic mass is 16.3. The lowest BCUT2D eigenvalue weighted by molar-refractivity contribution is 0.0720. The van der Waals surface area contributed by atoms with Crippen LogP contribution in [0.2, 0.25) is 0 Å². The summed E-state index contributed by atoms with van der Waals surface area (Å²) in [6.45, 7) is 12.7. The Hall–Kier alpha value is -1.16. The van der Waals surface area contributed by atoms with E-state index in [2.05, 4.69) is 44.7 Å². The first-order valence-electron chi connectivity index (χ1n) is 12.3. The summed E-state index contributed by atoms with van der Waals surface area (Å²) in [6.07, 6.45) is 16.9. The maximum Gasteiger partial charge on any atom is 0.0811 e. The minimum absolute atomic E-state index is 0.338. The lowest BCUT2D eigenvalue weighted by atomic mass is 9.61. The molecule has 6 atom stereocenters. The number of fused-ring (bicyclic) bond motifs is 1. The van der Waals surface area contributed by atoms with Crippen LogP contribution in [0.3, 0.4) is 0 Å². The molecule has 0 aliphatic heterocycles. The molecule has 3 aliphatic carbocycles. The van der Waals surface area contributed by atoms with Gasteiger partial charge in [0.05, 0.1) is 17.8 Å². The van der Waals surface area contributed by atoms with Crippen LogP contribution in [-0.2, 0) is 0 Å². The molecule has 3 nitrogen and oxygen atoms in total. The van der Waals surface area contributed by atoms with Gasteiger partial charge in [0.25, 0.3) is 0 Å². The second-order valence-corrected chi connectivity index (χ2v) is 11.3. The highest BCUT2D eigenvalue weighted by molar-refractivity contribution is 5.38. The number of hydrogen-bond acceptors (Lipinski definition) is 3. The molecule has 0 bridgehead atoms. The van der Waals surface area contributed by atoms with Crippen LogP contribution in [0.5, 0.6) is 0 Å². The van der Waals surface area contributed by atoms with Crippen molar-refractivity contribution >= 4 is 0 Å². The first kappa shape index (κ1) is 24.5. The van der Waals surface area contributed by atoms with Crippen molar-refractivity contribution in [2.45, 2.75) is 103 Å². The van der Waals surface area contributed by atoms with Crippen molar-refractivity contribution < 1.29 is 15.3 Å². The molecule has 3 aliphatic rings. The predicted molar refractivity (Wildman–Crippen MR) is 129 cm³/mol. The van der Waals surface area contributed by atoms with E-state index in [9.17, 15) is 15.3 Å². The summed E-state index contributed by atoms with van der Waals surface area (Å²) < 4.78 is 0. The molecular weight excluding hydrogens is 384 g/mol. The summed E-state index contributed by atoms with van der Waals surface area (Å²) in [4.78, 5) is 0. The monoisotopic (exact) mass is 428 g/mol. The average molecular weight is 429 g/mol. The summed E-state index contributed by atoms with van der Waals surface area (Å²) in [6, 6.07) is 0. The Morgan fingerprint density at radius 2 is 1.97 bits per heavy atom. The van der Waals surface area contributed by atoms with Crippen molar-refractivity contribution in [1.29, 1.82) is 0 Å². The quantitative estimate of drug-likeness (QED) is 0.464. The van der Waals surface area contributed by atoms with Crippen LogP contribution >= 0.6 is 0 Å². The summed E-state index contributed by atoms with van der Waals surface area (Å²) in [5.41, 5.74) is 3.07. The zero-order valence-corrected chi connectivity index (χ0v) is 20.1. The van der Waals surface area contributed by atoms with Gasteiger partial charge in [-0.05, 0) is 99.5 Å². The number of allylic oxidation sites excluding steroid dienone is 5. The molecule has 3 unspecified atom stereocenters. The van der Waals surface area contributed by atoms with Crippen LogP contribution in [0.1, 0.15) is 85.5 Å². The maximum atomic E-state index is 10.1. The molecule has 3 rings (SSSR count). The van der Waals surface area contributed by atoms with E-state index in [1.807, 2.05) is 13.8 Å². The highest BCUT2D eigenvalue weighted by Gasteiger charge is 2.50. The van der Waals surface area contributed by atoms with E-state index in [1.54, 1.807) is 5.57 Å². The first-order valence-corrected chi connectivity index (χ1v) is 12.3. The average Bonchev–Trinajstić information content (AvgIpc) is 3.03. The second kappa shape index (κ2) is 9.77. The van der Waals surface area contributed by atoms with Gasteiger partial charge in [-0.15, -0.1) is 0 Å². The molecule has 31 heavy (non-hydrogen) atoms. The van der Waals surface area contributed by atoms with E-state index in [0.29, 0.717) is 36.0 Å². The van der Waals surface area contributed by atoms with Crippen molar-refractivity contribution in [3.63, 3.8) is 0 Å². The number of aliphatic hydroxyl groups excluding tert-OH is 2. The Labute approximate surface area is 189 Å². The van der Waals surface area contributed by atoms with Gasteiger partial charge in [-0.2, -0.15) is 0 Å². The van der Waals surface area contributed by atoms with Gasteiger partial charge in [-0.25, -0.2) is 0 Å². The van der Waals surface area contributed by atoms with Gasteiger partial charge in [0.15, 0.2) is 0 Å². The van der Waals surface area contributed by atoms with Crippen molar-refractivity contribution in [3.05, 3.63) is 47.6 Å². The maximum absolute atomic E-state index is 10.1. The topological polar surface area (TPSA) is 60.7 Å². The molecule has 0 amide bonds. The molecule has 3 fully saturated rings. The van der Waals surface area contributed by atoms with Crippen molar-refractivity contribution in [2.75, 3.05) is 0 Å². The Kier molecular flexibility index (Phi) is 7.71. The third-order valence-corrected chi connectivity index (χ3v) is 8.30. The molecule has 0 aromatic heterocycles. The van der Waals surface area contributed by atoms with Gasteiger partial charge in [-0.3, -0.25) is 0 Å². The highest BCUT2D eigenvalue weighted by Crippen LogP contribution is 2.59. The van der Waals surface area contributed by atoms with Gasteiger partial charge in [0.1, 0.15) is 0 Å². The van der Waals surface area contributed by atoms with Crippen LogP contribution in [0, 0.1) is 23.2 Å². The van der Waals surface area contributed by atoms with E-state index in [1.165, 1.54) is 25.7 Å². The van der Waals surface area contributed by atoms with Crippen molar-refractivity contribution in [3.8, 4) is 0 Å². The predicted octanol–water partition coefficient (Wildman–Crippen LogP) is 5.87. The Bertz CT molecular complexity index is 738. The van der Waals surface area contributed by atoms with Crippen LogP contribution in [-0.4, -0.2) is 33.1 Å². The fourth-order valence-corrected chi connectivity index (χ4v) is 6.49. The van der Waals surface area contributed by atoms with Gasteiger partial charge < -0.3 is 15.3 Å². The smallest absolute Gasteiger partial charge is 0.0811 e. The normalized spacial score (nSPS) is 38.2. The number of aliphatic hydroxyl groups is 3. The molecule has 0 heterocycles. The van der Waals surface area contributed by atoms with Gasteiger partial charge in [-0.1, -0.05) is 50.3 Å².